The zero-order valence-corrected chi connectivity index (χ0v) is 52.8. The van der Waals surface area contributed by atoms with Gasteiger partial charge in [-0.05, 0) is 38.5 Å². The maximum absolute atomic E-state index is 12.7. The Morgan fingerprint density at radius 2 is 0.727 bits per heavy atom. The molecule has 2 atom stereocenters. The molecule has 0 fully saturated rings. The number of unbranched alkanes of at least 4 members (excludes halogenated alkanes) is 45. The number of carbonyl (C=O) groups is 2. The molecule has 0 bridgehead atoms. The Labute approximate surface area is 479 Å². The van der Waals surface area contributed by atoms with Crippen molar-refractivity contribution in [3.05, 3.63) is 24.3 Å². The summed E-state index contributed by atoms with van der Waals surface area (Å²) in [5, 5.41) is 0. The van der Waals surface area contributed by atoms with E-state index >= 15 is 0 Å². The molecule has 2 unspecified atom stereocenters. The minimum Gasteiger partial charge on any atom is -0.756 e. The van der Waals surface area contributed by atoms with Crippen LogP contribution < -0.4 is 4.89 Å². The molecular formula is C67H130NO8P. The van der Waals surface area contributed by atoms with Gasteiger partial charge in [-0.1, -0.05) is 314 Å². The zero-order chi connectivity index (χ0) is 56.3. The van der Waals surface area contributed by atoms with E-state index in [0.29, 0.717) is 17.4 Å². The monoisotopic (exact) mass is 1110 g/mol. The Kier molecular flexibility index (Phi) is 58.0. The molecule has 0 saturated heterocycles. The van der Waals surface area contributed by atoms with Crippen molar-refractivity contribution in [2.45, 2.75) is 347 Å². The van der Waals surface area contributed by atoms with Crippen molar-refractivity contribution in [1.82, 2.24) is 0 Å². The van der Waals surface area contributed by atoms with Gasteiger partial charge in [0.15, 0.2) is 6.10 Å². The molecule has 0 aliphatic heterocycles. The van der Waals surface area contributed by atoms with Crippen LogP contribution in [-0.4, -0.2) is 70.0 Å². The van der Waals surface area contributed by atoms with Gasteiger partial charge in [0.2, 0.25) is 0 Å². The molecule has 0 spiro atoms. The van der Waals surface area contributed by atoms with Gasteiger partial charge < -0.3 is 27.9 Å². The maximum Gasteiger partial charge on any atom is 0.306 e. The first kappa shape index (κ1) is 75.5. The van der Waals surface area contributed by atoms with Gasteiger partial charge in [0.1, 0.15) is 19.8 Å². The summed E-state index contributed by atoms with van der Waals surface area (Å²) >= 11 is 0. The van der Waals surface area contributed by atoms with E-state index in [1.165, 1.54) is 244 Å². The van der Waals surface area contributed by atoms with Gasteiger partial charge in [-0.3, -0.25) is 14.2 Å². The van der Waals surface area contributed by atoms with E-state index in [0.717, 1.165) is 64.2 Å². The number of likely N-dealkylation sites (N-methyl/N-ethyl adjacent to an activating group) is 1. The van der Waals surface area contributed by atoms with Crippen molar-refractivity contribution in [3.8, 4) is 0 Å². The summed E-state index contributed by atoms with van der Waals surface area (Å²) in [6, 6.07) is 0. The number of ether oxygens (including phenoxy) is 2. The molecule has 0 aromatic rings. The van der Waals surface area contributed by atoms with Gasteiger partial charge >= 0.3 is 11.9 Å². The lowest BCUT2D eigenvalue weighted by atomic mass is 10.0. The number of hydrogen-bond donors (Lipinski definition) is 0. The second kappa shape index (κ2) is 59.1. The number of carbonyl (C=O) groups excluding carboxylic acids is 2. The second-order valence-electron chi connectivity index (χ2n) is 24.2. The lowest BCUT2D eigenvalue weighted by Crippen LogP contribution is -2.37. The minimum atomic E-state index is -4.63. The predicted molar refractivity (Wildman–Crippen MR) is 328 cm³/mol. The van der Waals surface area contributed by atoms with Crippen LogP contribution in [0, 0.1) is 0 Å². The number of nitrogens with zero attached hydrogens (tertiary/aromatic N) is 1. The fourth-order valence-corrected chi connectivity index (χ4v) is 10.8. The highest BCUT2D eigenvalue weighted by atomic mass is 31.2. The summed E-state index contributed by atoms with van der Waals surface area (Å²) in [5.41, 5.74) is 0. The van der Waals surface area contributed by atoms with Crippen LogP contribution in [0.3, 0.4) is 0 Å². The molecule has 0 aromatic carbocycles. The van der Waals surface area contributed by atoms with Crippen molar-refractivity contribution in [3.63, 3.8) is 0 Å². The molecule has 0 aliphatic rings. The maximum atomic E-state index is 12.7. The molecule has 456 valence electrons. The van der Waals surface area contributed by atoms with E-state index in [4.69, 9.17) is 18.5 Å². The van der Waals surface area contributed by atoms with E-state index in [9.17, 15) is 19.0 Å². The Bertz CT molecular complexity index is 1350. The minimum absolute atomic E-state index is 0.0315. The molecule has 77 heavy (non-hydrogen) atoms. The van der Waals surface area contributed by atoms with E-state index in [-0.39, 0.29) is 32.0 Å². The fraction of sp³-hybridized carbons (Fsp3) is 0.910. The van der Waals surface area contributed by atoms with Crippen molar-refractivity contribution in [1.29, 1.82) is 0 Å². The van der Waals surface area contributed by atoms with Crippen molar-refractivity contribution in [2.75, 3.05) is 47.5 Å². The number of quaternary nitrogens is 1. The summed E-state index contributed by atoms with van der Waals surface area (Å²) in [7, 11) is 1.17. The van der Waals surface area contributed by atoms with Gasteiger partial charge in [-0.15, -0.1) is 0 Å². The summed E-state index contributed by atoms with van der Waals surface area (Å²) in [5.74, 6) is -0.836. The van der Waals surface area contributed by atoms with Crippen molar-refractivity contribution < 1.29 is 42.1 Å². The zero-order valence-electron chi connectivity index (χ0n) is 51.9. The second-order valence-corrected chi connectivity index (χ2v) is 25.6. The molecule has 0 aromatic heterocycles. The first-order valence-electron chi connectivity index (χ1n) is 33.5. The van der Waals surface area contributed by atoms with Gasteiger partial charge in [-0.2, -0.15) is 0 Å². The quantitative estimate of drug-likeness (QED) is 0.0195. The number of phosphoric acid groups is 1. The highest BCUT2D eigenvalue weighted by molar-refractivity contribution is 7.45. The highest BCUT2D eigenvalue weighted by Crippen LogP contribution is 2.38. The number of rotatable bonds is 63. The molecule has 9 nitrogen and oxygen atoms in total. The van der Waals surface area contributed by atoms with E-state index in [1.807, 2.05) is 21.1 Å². The Morgan fingerprint density at radius 3 is 1.08 bits per heavy atom. The molecule has 0 rings (SSSR count). The van der Waals surface area contributed by atoms with Crippen LogP contribution in [0.5, 0.6) is 0 Å². The first-order chi connectivity index (χ1) is 37.5. The van der Waals surface area contributed by atoms with E-state index in [1.54, 1.807) is 0 Å². The normalized spacial score (nSPS) is 13.3. The van der Waals surface area contributed by atoms with Crippen LogP contribution in [0.15, 0.2) is 24.3 Å². The van der Waals surface area contributed by atoms with Crippen LogP contribution in [0.25, 0.3) is 0 Å². The molecule has 0 radical (unpaired) electrons. The topological polar surface area (TPSA) is 111 Å². The molecule has 0 heterocycles. The Balaban J connectivity index is 3.79. The van der Waals surface area contributed by atoms with Crippen LogP contribution >= 0.6 is 7.82 Å². The lowest BCUT2D eigenvalue weighted by Gasteiger charge is -2.28. The van der Waals surface area contributed by atoms with Crippen molar-refractivity contribution in [2.24, 2.45) is 0 Å². The van der Waals surface area contributed by atoms with Gasteiger partial charge in [-0.25, -0.2) is 0 Å². The van der Waals surface area contributed by atoms with Gasteiger partial charge in [0.25, 0.3) is 7.82 Å². The average Bonchev–Trinajstić information content (AvgIpc) is 3.39. The number of phosphoric ester groups is 1. The third-order valence-electron chi connectivity index (χ3n) is 15.2. The predicted octanol–water partition coefficient (Wildman–Crippen LogP) is 20.7. The third kappa shape index (κ3) is 63.5. The smallest absolute Gasteiger partial charge is 0.306 e. The number of allylic oxidation sites excluding steroid dienone is 4. The Hall–Kier alpha value is -1.51. The molecule has 10 heteroatoms. The number of hydrogen-bond acceptors (Lipinski definition) is 8. The molecular weight excluding hydrogens is 978 g/mol. The SMILES string of the molecule is CCC/C=C\C/C=C\CCCCCCCC(=O)OC(COC(=O)CCCCCCCCCCCCCCCCCCCCCCCCCCCCCCCCCCCCCCCCCC)COP(=O)([O-])OCC[N+](C)(C)C. The van der Waals surface area contributed by atoms with Gasteiger partial charge in [0.05, 0.1) is 27.7 Å². The van der Waals surface area contributed by atoms with Crippen LogP contribution in [0.2, 0.25) is 0 Å². The first-order valence-corrected chi connectivity index (χ1v) is 35.0. The summed E-state index contributed by atoms with van der Waals surface area (Å²) in [6.45, 7) is 4.20. The van der Waals surface area contributed by atoms with Crippen LogP contribution in [0.4, 0.5) is 0 Å². The standard InChI is InChI=1S/C67H130NO8P/c1-6-8-10-12-14-16-18-20-21-22-23-24-25-26-27-28-29-30-31-32-33-34-35-36-37-38-39-40-41-42-43-44-45-46-48-49-51-53-55-57-59-66(69)73-63-65(64-75-77(71,72)74-62-61-68(3,4)5)76-67(70)60-58-56-54-52-50-47-19-17-15-13-11-9-7-2/h11,13,17,19,65H,6-10,12,14-16,18,20-64H2,1-5H3/b13-11-,19-17-. The number of esters is 2. The summed E-state index contributed by atoms with van der Waals surface area (Å²) in [6.07, 6.45) is 73.0. The largest absolute Gasteiger partial charge is 0.756 e. The highest BCUT2D eigenvalue weighted by Gasteiger charge is 2.22. The molecule has 0 saturated carbocycles. The molecule has 0 N–H and O–H groups in total. The molecule has 0 amide bonds. The average molecular weight is 1110 g/mol. The van der Waals surface area contributed by atoms with E-state index in [2.05, 4.69) is 38.2 Å². The molecule has 0 aliphatic carbocycles. The lowest BCUT2D eigenvalue weighted by molar-refractivity contribution is -0.870. The van der Waals surface area contributed by atoms with Crippen LogP contribution in [0.1, 0.15) is 341 Å². The Morgan fingerprint density at radius 1 is 0.403 bits per heavy atom. The summed E-state index contributed by atoms with van der Waals surface area (Å²) in [4.78, 5) is 37.8. The van der Waals surface area contributed by atoms with Crippen LogP contribution in [-0.2, 0) is 32.7 Å². The summed E-state index contributed by atoms with van der Waals surface area (Å²) < 4.78 is 34.1. The van der Waals surface area contributed by atoms with E-state index < -0.39 is 26.5 Å². The third-order valence-corrected chi connectivity index (χ3v) is 16.2. The van der Waals surface area contributed by atoms with Gasteiger partial charge in [0, 0.05) is 12.8 Å². The van der Waals surface area contributed by atoms with Crippen molar-refractivity contribution >= 4 is 19.8 Å². The fourth-order valence-electron chi connectivity index (χ4n) is 10.1.